The van der Waals surface area contributed by atoms with Crippen molar-refractivity contribution in [2.24, 2.45) is 0 Å². The number of hydrogen-bond donors (Lipinski definition) is 5. The van der Waals surface area contributed by atoms with Gasteiger partial charge >= 0.3 is 6.03 Å². The van der Waals surface area contributed by atoms with E-state index in [0.717, 1.165) is 4.90 Å². The summed E-state index contributed by atoms with van der Waals surface area (Å²) in [5.41, 5.74) is -2.33. The van der Waals surface area contributed by atoms with Gasteiger partial charge in [0.15, 0.2) is 0 Å². The maximum atomic E-state index is 12.3. The summed E-state index contributed by atoms with van der Waals surface area (Å²) in [5.74, 6) is 0.173. The van der Waals surface area contributed by atoms with Crippen LogP contribution in [0.1, 0.15) is 13.3 Å². The van der Waals surface area contributed by atoms with Crippen molar-refractivity contribution in [2.75, 3.05) is 32.7 Å². The molecule has 0 bridgehead atoms. The second-order valence-corrected chi connectivity index (χ2v) is 5.59. The zero-order chi connectivity index (χ0) is 17.6. The number of methoxy groups -OCH3 is 1. The zero-order valence-electron chi connectivity index (χ0n) is 13.2. The SMILES string of the molecule is CCCN(C(=O)NCCCl)[C@@]1(O)[C@@H](OC)O[C@H](CO)[C@@H](O)[C@@H]1O. The molecule has 1 saturated heterocycles. The Bertz CT molecular complexity index is 385. The van der Waals surface area contributed by atoms with E-state index in [4.69, 9.17) is 21.1 Å². The number of nitrogens with one attached hydrogen (secondary N) is 1. The summed E-state index contributed by atoms with van der Waals surface area (Å²) in [6.07, 6.45) is -5.53. The minimum atomic E-state index is -2.33. The topological polar surface area (TPSA) is 132 Å². The van der Waals surface area contributed by atoms with Gasteiger partial charge in [0.25, 0.3) is 0 Å². The van der Waals surface area contributed by atoms with Crippen LogP contribution in [0, 0.1) is 0 Å². The van der Waals surface area contributed by atoms with E-state index >= 15 is 0 Å². The van der Waals surface area contributed by atoms with Crippen molar-refractivity contribution in [1.82, 2.24) is 10.2 Å². The molecule has 9 nitrogen and oxygen atoms in total. The van der Waals surface area contributed by atoms with Crippen molar-refractivity contribution in [2.45, 2.75) is 43.7 Å². The Morgan fingerprint density at radius 3 is 2.61 bits per heavy atom. The van der Waals surface area contributed by atoms with E-state index < -0.39 is 43.0 Å². The standard InChI is InChI=1S/C13H25ClN2O7/c1-3-6-16(12(20)15-5-4-14)13(21)10(19)9(18)8(7-17)23-11(13)22-2/h8-11,17-19,21H,3-7H2,1-2H3,(H,15,20)/t8-,9-,10+,11+,13+/m1/s1. The molecule has 136 valence electrons. The van der Waals surface area contributed by atoms with Crippen molar-refractivity contribution < 1.29 is 34.7 Å². The molecule has 0 spiro atoms. The van der Waals surface area contributed by atoms with Gasteiger partial charge < -0.3 is 35.2 Å². The number of ether oxygens (including phenoxy) is 2. The fraction of sp³-hybridized carbons (Fsp3) is 0.923. The Labute approximate surface area is 139 Å². The number of carbonyl (C=O) groups excluding carboxylic acids is 1. The lowest BCUT2D eigenvalue weighted by Crippen LogP contribution is -2.75. The molecule has 23 heavy (non-hydrogen) atoms. The summed E-state index contributed by atoms with van der Waals surface area (Å²) < 4.78 is 10.3. The van der Waals surface area contributed by atoms with E-state index in [1.165, 1.54) is 7.11 Å². The first-order valence-corrected chi connectivity index (χ1v) is 7.90. The number of carbonyl (C=O) groups is 1. The van der Waals surface area contributed by atoms with Gasteiger partial charge in [-0.2, -0.15) is 0 Å². The highest BCUT2D eigenvalue weighted by atomic mass is 35.5. The first kappa shape index (κ1) is 20.4. The molecule has 5 atom stereocenters. The van der Waals surface area contributed by atoms with Gasteiger partial charge in [-0.15, -0.1) is 11.6 Å². The molecule has 1 aliphatic heterocycles. The molecule has 1 aliphatic rings. The minimum Gasteiger partial charge on any atom is -0.394 e. The molecule has 0 aromatic heterocycles. The van der Waals surface area contributed by atoms with Crippen molar-refractivity contribution in [3.8, 4) is 0 Å². The number of aliphatic hydroxyl groups excluding tert-OH is 3. The maximum Gasteiger partial charge on any atom is 0.319 e. The molecular weight excluding hydrogens is 332 g/mol. The van der Waals surface area contributed by atoms with Crippen LogP contribution in [0.15, 0.2) is 0 Å². The monoisotopic (exact) mass is 356 g/mol. The van der Waals surface area contributed by atoms with E-state index in [9.17, 15) is 25.2 Å². The quantitative estimate of drug-likeness (QED) is 0.275. The highest BCUT2D eigenvalue weighted by molar-refractivity contribution is 6.18. The average Bonchev–Trinajstić information content (AvgIpc) is 2.55. The molecule has 1 heterocycles. The summed E-state index contributed by atoms with van der Waals surface area (Å²) in [4.78, 5) is 13.2. The van der Waals surface area contributed by atoms with Gasteiger partial charge in [-0.1, -0.05) is 6.92 Å². The average molecular weight is 357 g/mol. The Hall–Kier alpha value is -0.680. The fourth-order valence-electron chi connectivity index (χ4n) is 2.52. The van der Waals surface area contributed by atoms with Gasteiger partial charge in [0.2, 0.25) is 12.0 Å². The molecule has 0 aromatic rings. The van der Waals surface area contributed by atoms with Crippen LogP contribution in [0.25, 0.3) is 0 Å². The highest BCUT2D eigenvalue weighted by Crippen LogP contribution is 2.33. The van der Waals surface area contributed by atoms with Crippen LogP contribution in [0.4, 0.5) is 4.79 Å². The van der Waals surface area contributed by atoms with Gasteiger partial charge in [-0.3, -0.25) is 4.90 Å². The normalized spacial score (nSPS) is 34.2. The second kappa shape index (κ2) is 8.97. The smallest absolute Gasteiger partial charge is 0.319 e. The number of urea groups is 1. The first-order valence-electron chi connectivity index (χ1n) is 7.37. The third-order valence-corrected chi connectivity index (χ3v) is 3.86. The molecule has 0 saturated carbocycles. The van der Waals surface area contributed by atoms with E-state index in [2.05, 4.69) is 5.32 Å². The molecule has 0 aromatic carbocycles. The fourth-order valence-corrected chi connectivity index (χ4v) is 2.61. The van der Waals surface area contributed by atoms with E-state index in [-0.39, 0.29) is 19.0 Å². The Kier molecular flexibility index (Phi) is 7.95. The lowest BCUT2D eigenvalue weighted by Gasteiger charge is -2.51. The van der Waals surface area contributed by atoms with Gasteiger partial charge in [0.1, 0.15) is 18.3 Å². The van der Waals surface area contributed by atoms with Crippen LogP contribution in [0.5, 0.6) is 0 Å². The lowest BCUT2D eigenvalue weighted by molar-refractivity contribution is -0.367. The molecule has 1 rings (SSSR count). The van der Waals surface area contributed by atoms with Crippen LogP contribution < -0.4 is 5.32 Å². The number of amides is 2. The van der Waals surface area contributed by atoms with Crippen molar-refractivity contribution in [3.63, 3.8) is 0 Å². The highest BCUT2D eigenvalue weighted by Gasteiger charge is 2.59. The molecule has 0 radical (unpaired) electrons. The summed E-state index contributed by atoms with van der Waals surface area (Å²) >= 11 is 5.53. The van der Waals surface area contributed by atoms with Gasteiger partial charge in [0, 0.05) is 26.1 Å². The number of halogens is 1. The number of nitrogens with zero attached hydrogens (tertiary/aromatic N) is 1. The van der Waals surface area contributed by atoms with Crippen LogP contribution in [0.3, 0.4) is 0 Å². The first-order chi connectivity index (χ1) is 10.9. The van der Waals surface area contributed by atoms with Gasteiger partial charge in [-0.05, 0) is 6.42 Å². The van der Waals surface area contributed by atoms with Gasteiger partial charge in [0.05, 0.1) is 6.61 Å². The van der Waals surface area contributed by atoms with Crippen LogP contribution in [-0.4, -0.2) is 94.4 Å². The van der Waals surface area contributed by atoms with E-state index in [1.54, 1.807) is 6.92 Å². The molecule has 5 N–H and O–H groups in total. The minimum absolute atomic E-state index is 0.0708. The van der Waals surface area contributed by atoms with Crippen molar-refractivity contribution in [1.29, 1.82) is 0 Å². The summed E-state index contributed by atoms with van der Waals surface area (Å²) in [6.45, 7) is 1.42. The lowest BCUT2D eigenvalue weighted by atomic mass is 9.92. The van der Waals surface area contributed by atoms with Crippen LogP contribution in [0.2, 0.25) is 0 Å². The summed E-state index contributed by atoms with van der Waals surface area (Å²) in [7, 11) is 1.22. The largest absolute Gasteiger partial charge is 0.394 e. The van der Waals surface area contributed by atoms with Crippen LogP contribution in [-0.2, 0) is 9.47 Å². The third-order valence-electron chi connectivity index (χ3n) is 3.67. The molecular formula is C13H25ClN2O7. The molecule has 10 heteroatoms. The summed E-state index contributed by atoms with van der Waals surface area (Å²) in [5, 5.41) is 43.0. The Balaban J connectivity index is 3.14. The van der Waals surface area contributed by atoms with Crippen LogP contribution >= 0.6 is 11.6 Å². The predicted octanol–water partition coefficient (Wildman–Crippen LogP) is -1.58. The second-order valence-electron chi connectivity index (χ2n) is 5.22. The number of rotatable bonds is 7. The number of hydrogen-bond acceptors (Lipinski definition) is 7. The summed E-state index contributed by atoms with van der Waals surface area (Å²) in [6, 6.07) is -0.686. The number of aliphatic hydroxyl groups is 4. The van der Waals surface area contributed by atoms with Crippen molar-refractivity contribution in [3.05, 3.63) is 0 Å². The van der Waals surface area contributed by atoms with E-state index in [1.807, 2.05) is 0 Å². The Morgan fingerprint density at radius 1 is 1.48 bits per heavy atom. The van der Waals surface area contributed by atoms with Gasteiger partial charge in [-0.25, -0.2) is 4.79 Å². The van der Waals surface area contributed by atoms with Crippen molar-refractivity contribution >= 4 is 17.6 Å². The molecule has 1 fully saturated rings. The maximum absolute atomic E-state index is 12.3. The van der Waals surface area contributed by atoms with E-state index in [0.29, 0.717) is 6.42 Å². The molecule has 0 aliphatic carbocycles. The number of alkyl halides is 1. The molecule has 2 amide bonds. The third kappa shape index (κ3) is 4.05. The zero-order valence-corrected chi connectivity index (χ0v) is 13.9. The Morgan fingerprint density at radius 2 is 2.13 bits per heavy atom. The molecule has 0 unspecified atom stereocenters. The predicted molar refractivity (Wildman–Crippen MR) is 80.8 cm³/mol.